The van der Waals surface area contributed by atoms with Crippen LogP contribution in [0.3, 0.4) is 0 Å². The van der Waals surface area contributed by atoms with Gasteiger partial charge in [0.15, 0.2) is 5.11 Å². The number of hydrogen-bond donors (Lipinski definition) is 2. The molecule has 20 heavy (non-hydrogen) atoms. The number of nitrogens with zero attached hydrogens (tertiary/aromatic N) is 2. The molecule has 0 amide bonds. The van der Waals surface area contributed by atoms with Gasteiger partial charge in [-0.3, -0.25) is 0 Å². The lowest BCUT2D eigenvalue weighted by Gasteiger charge is -2.08. The van der Waals surface area contributed by atoms with Crippen molar-refractivity contribution in [3.05, 3.63) is 12.4 Å². The lowest BCUT2D eigenvalue weighted by molar-refractivity contribution is -0.182. The molecule has 0 fully saturated rings. The van der Waals surface area contributed by atoms with Crippen molar-refractivity contribution in [3.63, 3.8) is 0 Å². The van der Waals surface area contributed by atoms with E-state index in [4.69, 9.17) is 12.2 Å². The van der Waals surface area contributed by atoms with Crippen molar-refractivity contribution in [1.82, 2.24) is 15.1 Å². The number of unbranched alkanes of at least 4 members (excludes halogenated alkanes) is 1. The summed E-state index contributed by atoms with van der Waals surface area (Å²) in [6.07, 6.45) is 0.713. The third kappa shape index (κ3) is 7.29. The predicted molar refractivity (Wildman–Crippen MR) is 73.4 cm³/mol. The van der Waals surface area contributed by atoms with Crippen LogP contribution in [0.1, 0.15) is 19.8 Å². The Morgan fingerprint density at radius 1 is 1.50 bits per heavy atom. The summed E-state index contributed by atoms with van der Waals surface area (Å²) >= 11 is 5.06. The van der Waals surface area contributed by atoms with Gasteiger partial charge in [-0.1, -0.05) is 13.3 Å². The molecule has 0 bridgehead atoms. The summed E-state index contributed by atoms with van der Waals surface area (Å²) in [5.74, 6) is 0. The first-order chi connectivity index (χ1) is 9.40. The van der Waals surface area contributed by atoms with E-state index in [2.05, 4.69) is 27.4 Å². The second-order valence-corrected chi connectivity index (χ2v) is 4.50. The van der Waals surface area contributed by atoms with E-state index >= 15 is 0 Å². The maximum Gasteiger partial charge on any atom is 0.411 e. The Labute approximate surface area is 120 Å². The fourth-order valence-corrected chi connectivity index (χ4v) is 1.53. The maximum absolute atomic E-state index is 11.9. The zero-order valence-corrected chi connectivity index (χ0v) is 11.9. The molecule has 1 rings (SSSR count). The highest BCUT2D eigenvalue weighted by molar-refractivity contribution is 7.80. The molecular formula is C11H17F3N4OS. The van der Waals surface area contributed by atoms with E-state index in [1.165, 1.54) is 17.1 Å². The highest BCUT2D eigenvalue weighted by atomic mass is 32.1. The molecule has 0 saturated heterocycles. The molecule has 1 aromatic rings. The molecule has 0 saturated carbocycles. The van der Waals surface area contributed by atoms with Crippen LogP contribution in [0.4, 0.5) is 18.9 Å². The Balaban J connectivity index is 2.30. The largest absolute Gasteiger partial charge is 0.411 e. The van der Waals surface area contributed by atoms with Gasteiger partial charge in [0.1, 0.15) is 13.3 Å². The molecule has 0 unspecified atom stereocenters. The number of anilines is 1. The van der Waals surface area contributed by atoms with E-state index in [1.54, 1.807) is 0 Å². The second kappa shape index (κ2) is 8.05. The van der Waals surface area contributed by atoms with Crippen LogP contribution in [0, 0.1) is 0 Å². The number of nitrogens with one attached hydrogen (secondary N) is 2. The van der Waals surface area contributed by atoms with Gasteiger partial charge in [-0.2, -0.15) is 18.3 Å². The number of ether oxygens (including phenoxy) is 1. The van der Waals surface area contributed by atoms with Crippen molar-refractivity contribution in [2.75, 3.05) is 18.5 Å². The first kappa shape index (κ1) is 16.7. The molecule has 114 valence electrons. The van der Waals surface area contributed by atoms with Crippen molar-refractivity contribution in [1.29, 1.82) is 0 Å². The number of rotatable bonds is 7. The highest BCUT2D eigenvalue weighted by Gasteiger charge is 2.27. The molecule has 0 aliphatic carbocycles. The van der Waals surface area contributed by atoms with E-state index < -0.39 is 12.8 Å². The number of alkyl halides is 3. The Kier molecular flexibility index (Phi) is 6.73. The lowest BCUT2D eigenvalue weighted by atomic mass is 10.3. The van der Waals surface area contributed by atoms with Gasteiger partial charge in [-0.25, -0.2) is 4.68 Å². The number of aromatic nitrogens is 2. The van der Waals surface area contributed by atoms with E-state index in [-0.39, 0.29) is 6.73 Å². The SMILES string of the molecule is CCCCNC(=S)Nc1cnn(COCC(F)(F)F)c1. The minimum absolute atomic E-state index is 0.267. The van der Waals surface area contributed by atoms with Crippen LogP contribution < -0.4 is 10.6 Å². The first-order valence-corrected chi connectivity index (χ1v) is 6.53. The normalized spacial score (nSPS) is 11.4. The van der Waals surface area contributed by atoms with E-state index in [0.29, 0.717) is 10.8 Å². The van der Waals surface area contributed by atoms with Crippen molar-refractivity contribution < 1.29 is 17.9 Å². The molecule has 0 atom stereocenters. The Bertz CT molecular complexity index is 422. The minimum Gasteiger partial charge on any atom is -0.362 e. The molecule has 0 aromatic carbocycles. The molecule has 2 N–H and O–H groups in total. The van der Waals surface area contributed by atoms with Gasteiger partial charge in [0, 0.05) is 6.54 Å². The zero-order valence-electron chi connectivity index (χ0n) is 11.0. The van der Waals surface area contributed by atoms with Crippen LogP contribution >= 0.6 is 12.2 Å². The molecule has 5 nitrogen and oxygen atoms in total. The number of hydrogen-bond acceptors (Lipinski definition) is 3. The van der Waals surface area contributed by atoms with Crippen LogP contribution in [-0.2, 0) is 11.5 Å². The van der Waals surface area contributed by atoms with Crippen molar-refractivity contribution in [3.8, 4) is 0 Å². The summed E-state index contributed by atoms with van der Waals surface area (Å²) in [7, 11) is 0. The molecule has 9 heteroatoms. The fourth-order valence-electron chi connectivity index (χ4n) is 1.31. The smallest absolute Gasteiger partial charge is 0.362 e. The van der Waals surface area contributed by atoms with Gasteiger partial charge in [0.25, 0.3) is 0 Å². The third-order valence-corrected chi connectivity index (χ3v) is 2.44. The van der Waals surface area contributed by atoms with Gasteiger partial charge in [0.05, 0.1) is 18.1 Å². The van der Waals surface area contributed by atoms with Gasteiger partial charge < -0.3 is 15.4 Å². The Hall–Kier alpha value is -1.35. The lowest BCUT2D eigenvalue weighted by Crippen LogP contribution is -2.29. The highest BCUT2D eigenvalue weighted by Crippen LogP contribution is 2.14. The quantitative estimate of drug-likeness (QED) is 0.599. The average Bonchev–Trinajstić information content (AvgIpc) is 2.75. The topological polar surface area (TPSA) is 51.1 Å². The van der Waals surface area contributed by atoms with Gasteiger partial charge >= 0.3 is 6.18 Å². The van der Waals surface area contributed by atoms with Crippen LogP contribution in [0.25, 0.3) is 0 Å². The standard InChI is InChI=1S/C11H17F3N4OS/c1-2-3-4-15-10(20)17-9-5-16-18(6-9)8-19-7-11(12,13)14/h5-6H,2-4,7-8H2,1H3,(H2,15,17,20). The van der Waals surface area contributed by atoms with E-state index in [1.807, 2.05) is 0 Å². The van der Waals surface area contributed by atoms with Crippen LogP contribution in [0.5, 0.6) is 0 Å². The fraction of sp³-hybridized carbons (Fsp3) is 0.636. The van der Waals surface area contributed by atoms with Gasteiger partial charge in [0.2, 0.25) is 0 Å². The number of halogens is 3. The van der Waals surface area contributed by atoms with Gasteiger partial charge in [-0.05, 0) is 18.6 Å². The molecule has 1 heterocycles. The van der Waals surface area contributed by atoms with Crippen molar-refractivity contribution in [2.45, 2.75) is 32.7 Å². The van der Waals surface area contributed by atoms with Gasteiger partial charge in [-0.15, -0.1) is 0 Å². The molecule has 0 aliphatic heterocycles. The summed E-state index contributed by atoms with van der Waals surface area (Å²) in [5.41, 5.74) is 0.592. The Morgan fingerprint density at radius 2 is 2.25 bits per heavy atom. The van der Waals surface area contributed by atoms with Crippen molar-refractivity contribution in [2.24, 2.45) is 0 Å². The molecule has 0 aliphatic rings. The minimum atomic E-state index is -4.33. The van der Waals surface area contributed by atoms with Crippen molar-refractivity contribution >= 4 is 23.0 Å². The molecule has 1 aromatic heterocycles. The third-order valence-electron chi connectivity index (χ3n) is 2.20. The average molecular weight is 310 g/mol. The maximum atomic E-state index is 11.9. The van der Waals surface area contributed by atoms with Crippen LogP contribution in [0.2, 0.25) is 0 Å². The molecule has 0 spiro atoms. The predicted octanol–water partition coefficient (Wildman–Crippen LogP) is 2.51. The summed E-state index contributed by atoms with van der Waals surface area (Å²) in [6, 6.07) is 0. The molecular weight excluding hydrogens is 293 g/mol. The number of thiocarbonyl (C=S) groups is 1. The van der Waals surface area contributed by atoms with E-state index in [0.717, 1.165) is 19.4 Å². The second-order valence-electron chi connectivity index (χ2n) is 4.10. The summed E-state index contributed by atoms with van der Waals surface area (Å²) in [6.45, 7) is 1.28. The Morgan fingerprint density at radius 3 is 2.90 bits per heavy atom. The molecule has 0 radical (unpaired) electrons. The summed E-state index contributed by atoms with van der Waals surface area (Å²) in [5, 5.41) is 10.2. The summed E-state index contributed by atoms with van der Waals surface area (Å²) in [4.78, 5) is 0. The van der Waals surface area contributed by atoms with Crippen LogP contribution in [-0.4, -0.2) is 34.2 Å². The van der Waals surface area contributed by atoms with Crippen LogP contribution in [0.15, 0.2) is 12.4 Å². The zero-order chi connectivity index (χ0) is 15.0. The van der Waals surface area contributed by atoms with E-state index in [9.17, 15) is 13.2 Å². The first-order valence-electron chi connectivity index (χ1n) is 6.12. The summed E-state index contributed by atoms with van der Waals surface area (Å²) < 4.78 is 41.4. The monoisotopic (exact) mass is 310 g/mol.